The molecule has 0 spiro atoms. The summed E-state index contributed by atoms with van der Waals surface area (Å²) in [5.41, 5.74) is 9.99. The lowest BCUT2D eigenvalue weighted by molar-refractivity contribution is 1.56. The molecule has 0 fully saturated rings. The van der Waals surface area contributed by atoms with Crippen molar-refractivity contribution in [2.75, 3.05) is 0 Å². The Morgan fingerprint density at radius 3 is 1.11 bits per heavy atom. The quantitative estimate of drug-likeness (QED) is 0.165. The molecule has 1 heterocycles. The summed E-state index contributed by atoms with van der Waals surface area (Å²) < 4.78 is 10.6. The highest BCUT2D eigenvalue weighted by atomic mass is 79.9. The van der Waals surface area contributed by atoms with Crippen molar-refractivity contribution in [1.29, 1.82) is 0 Å². The van der Waals surface area contributed by atoms with Crippen LogP contribution in [0.5, 0.6) is 0 Å². The predicted molar refractivity (Wildman–Crippen MR) is 426 cm³/mol. The van der Waals surface area contributed by atoms with Crippen LogP contribution in [0.1, 0.15) is 0 Å². The zero-order chi connectivity index (χ0) is 63.9. The van der Waals surface area contributed by atoms with Crippen LogP contribution in [0.25, 0.3) is 97.0 Å². The molecule has 1 aromatic heterocycles. The maximum atomic E-state index is 3.61. The van der Waals surface area contributed by atoms with Gasteiger partial charge in [-0.2, -0.15) is 0 Å². The Labute approximate surface area is 602 Å². The van der Waals surface area contributed by atoms with Crippen LogP contribution in [0.3, 0.4) is 0 Å². The molecular formula is C84H59Br7S. The molecule has 0 aliphatic rings. The molecule has 0 N–H and O–H groups in total. The largest absolute Gasteiger partial charge is 0.135 e. The minimum Gasteiger partial charge on any atom is -0.135 e. The van der Waals surface area contributed by atoms with Crippen LogP contribution in [0.4, 0.5) is 0 Å². The second kappa shape index (κ2) is 35.1. The molecule has 0 atom stereocenters. The second-order valence-electron chi connectivity index (χ2n) is 20.9. The molecule has 8 heteroatoms. The van der Waals surface area contributed by atoms with Gasteiger partial charge in [-0.05, 0) is 174 Å². The van der Waals surface area contributed by atoms with Crippen LogP contribution >= 0.6 is 123 Å². The summed E-state index contributed by atoms with van der Waals surface area (Å²) >= 11 is 26.1. The molecule has 0 unspecified atom stereocenters. The van der Waals surface area contributed by atoms with Gasteiger partial charge in [-0.1, -0.05) is 372 Å². The molecular weight excluding hydrogens is 1600 g/mol. The fourth-order valence-corrected chi connectivity index (χ4v) is 13.7. The first kappa shape index (κ1) is 67.5. The average molecular weight is 1660 g/mol. The molecule has 15 aromatic carbocycles. The van der Waals surface area contributed by atoms with Gasteiger partial charge in [-0.25, -0.2) is 0 Å². The van der Waals surface area contributed by atoms with Crippen LogP contribution < -0.4 is 0 Å². The van der Waals surface area contributed by atoms with Gasteiger partial charge in [0.15, 0.2) is 0 Å². The number of hydrogen-bond acceptors (Lipinski definition) is 1. The van der Waals surface area contributed by atoms with Crippen molar-refractivity contribution in [1.82, 2.24) is 0 Å². The second-order valence-corrected chi connectivity index (χ2v) is 28.3. The lowest BCUT2D eigenvalue weighted by atomic mass is 9.98. The van der Waals surface area contributed by atoms with Gasteiger partial charge in [0.05, 0.1) is 0 Å². The normalized spacial score (nSPS) is 10.3. The van der Waals surface area contributed by atoms with Gasteiger partial charge in [0.2, 0.25) is 0 Å². The monoisotopic (exact) mass is 1650 g/mol. The summed E-state index contributed by atoms with van der Waals surface area (Å²) in [5.74, 6) is 0. The standard InChI is InChI=1S/C18H13Br.C16H11Br.C12H7BrS.C12H9Br.2C10H7Br.C6H5Br/c19-18-12-16(14-7-3-1-4-8-14)11-17(13-18)15-9-5-2-6-10-15;17-14-10-8-13(9-11-14)16-7-3-5-12-4-1-2-6-15(12)16;13-8-5-6-12-10(7-8)9-3-1-2-4-11(9)14-12;13-12-8-6-11(7-9-12)10-4-2-1-3-5-10;11-10-7-3-5-8-4-1-2-6-9(8)10;11-10-6-5-8-3-1-2-4-9(8)7-10;7-6-4-2-1-3-5-6/h1-13H;1-11H;1-7H;1-9H;2*1-7H;1-5H. The SMILES string of the molecule is Brc1cc(-c2ccccc2)cc(-c2ccccc2)c1.Brc1ccc(-c2cccc3ccccc23)cc1.Brc1ccc(-c2ccccc2)cc1.Brc1ccc2ccccc2c1.Brc1ccc2sc3ccccc3c2c1.Brc1cccc2ccccc12.Brc1ccccc1. The summed E-state index contributed by atoms with van der Waals surface area (Å²) in [7, 11) is 0. The fourth-order valence-electron chi connectivity index (χ4n) is 10.0. The highest BCUT2D eigenvalue weighted by Crippen LogP contribution is 2.36. The molecule has 0 saturated carbocycles. The van der Waals surface area contributed by atoms with E-state index in [-0.39, 0.29) is 0 Å². The van der Waals surface area contributed by atoms with E-state index in [0.29, 0.717) is 0 Å². The van der Waals surface area contributed by atoms with E-state index >= 15 is 0 Å². The summed E-state index contributed by atoms with van der Waals surface area (Å²) in [4.78, 5) is 0. The number of benzene rings is 15. The third-order valence-electron chi connectivity index (χ3n) is 14.5. The Balaban J connectivity index is 0.000000120. The lowest BCUT2D eigenvalue weighted by Crippen LogP contribution is -1.82. The lowest BCUT2D eigenvalue weighted by Gasteiger charge is -2.07. The Morgan fingerprint density at radius 1 is 0.174 bits per heavy atom. The third-order valence-corrected chi connectivity index (χ3v) is 19.4. The average Bonchev–Trinajstić information content (AvgIpc) is 1.66. The number of fused-ring (bicyclic) bond motifs is 6. The zero-order valence-electron chi connectivity index (χ0n) is 49.6. The Hall–Kier alpha value is -7.34. The first-order valence-corrected chi connectivity index (χ1v) is 35.9. The van der Waals surface area contributed by atoms with Gasteiger partial charge in [0, 0.05) is 51.5 Å². The van der Waals surface area contributed by atoms with Gasteiger partial charge < -0.3 is 0 Å². The molecule has 0 saturated heterocycles. The zero-order valence-corrected chi connectivity index (χ0v) is 61.5. The van der Waals surface area contributed by atoms with Crippen molar-refractivity contribution < 1.29 is 0 Å². The first-order valence-electron chi connectivity index (χ1n) is 29.5. The van der Waals surface area contributed by atoms with Gasteiger partial charge in [0.1, 0.15) is 0 Å². The molecule has 450 valence electrons. The molecule has 0 aliphatic carbocycles. The van der Waals surface area contributed by atoms with Crippen molar-refractivity contribution in [3.8, 4) is 44.5 Å². The van der Waals surface area contributed by atoms with Gasteiger partial charge >= 0.3 is 0 Å². The predicted octanol–water partition coefficient (Wildman–Crippen LogP) is 29.6. The van der Waals surface area contributed by atoms with Crippen LogP contribution in [0.2, 0.25) is 0 Å². The van der Waals surface area contributed by atoms with Gasteiger partial charge in [-0.3, -0.25) is 0 Å². The van der Waals surface area contributed by atoms with Crippen LogP contribution in [-0.2, 0) is 0 Å². The molecule has 16 aromatic rings. The molecule has 0 aliphatic heterocycles. The molecule has 92 heavy (non-hydrogen) atoms. The summed E-state index contributed by atoms with van der Waals surface area (Å²) in [6.45, 7) is 0. The summed E-state index contributed by atoms with van der Waals surface area (Å²) in [6, 6.07) is 124. The van der Waals surface area contributed by atoms with E-state index in [1.807, 2.05) is 72.0 Å². The minimum absolute atomic E-state index is 1.10. The van der Waals surface area contributed by atoms with E-state index in [4.69, 9.17) is 0 Å². The van der Waals surface area contributed by atoms with E-state index in [9.17, 15) is 0 Å². The van der Waals surface area contributed by atoms with Crippen LogP contribution in [0, 0.1) is 0 Å². The highest BCUT2D eigenvalue weighted by Gasteiger charge is 2.07. The van der Waals surface area contributed by atoms with E-state index in [0.717, 1.165) is 31.3 Å². The van der Waals surface area contributed by atoms with E-state index < -0.39 is 0 Å². The summed E-state index contributed by atoms with van der Waals surface area (Å²) in [6.07, 6.45) is 0. The molecule has 0 amide bonds. The molecule has 16 rings (SSSR count). The topological polar surface area (TPSA) is 0 Å². The smallest absolute Gasteiger partial charge is 0.0356 e. The Bertz CT molecular complexity index is 4850. The Kier molecular flexibility index (Phi) is 25.8. The van der Waals surface area contributed by atoms with Crippen LogP contribution in [-0.4, -0.2) is 0 Å². The number of thiophene rings is 1. The number of rotatable bonds is 4. The van der Waals surface area contributed by atoms with Crippen molar-refractivity contribution >= 4 is 175 Å². The van der Waals surface area contributed by atoms with Crippen molar-refractivity contribution in [3.63, 3.8) is 0 Å². The van der Waals surface area contributed by atoms with Gasteiger partial charge in [0.25, 0.3) is 0 Å². The van der Waals surface area contributed by atoms with E-state index in [1.165, 1.54) is 97.0 Å². The molecule has 0 nitrogen and oxygen atoms in total. The Morgan fingerprint density at radius 2 is 0.554 bits per heavy atom. The van der Waals surface area contributed by atoms with Gasteiger partial charge in [-0.15, -0.1) is 11.3 Å². The maximum Gasteiger partial charge on any atom is 0.0356 e. The van der Waals surface area contributed by atoms with Crippen LogP contribution in [0.15, 0.2) is 389 Å². The maximum absolute atomic E-state index is 3.61. The van der Waals surface area contributed by atoms with Crippen molar-refractivity contribution in [3.05, 3.63) is 389 Å². The first-order chi connectivity index (χ1) is 45.0. The molecule has 0 radical (unpaired) electrons. The number of hydrogen-bond donors (Lipinski definition) is 0. The van der Waals surface area contributed by atoms with Crippen molar-refractivity contribution in [2.24, 2.45) is 0 Å². The number of halogens is 7. The molecule has 0 bridgehead atoms. The van der Waals surface area contributed by atoms with E-state index in [1.54, 1.807) is 0 Å². The highest BCUT2D eigenvalue weighted by molar-refractivity contribution is 9.11. The minimum atomic E-state index is 1.10. The van der Waals surface area contributed by atoms with Crippen molar-refractivity contribution in [2.45, 2.75) is 0 Å². The fraction of sp³-hybridized carbons (Fsp3) is 0. The van der Waals surface area contributed by atoms with E-state index in [2.05, 4.69) is 409 Å². The third kappa shape index (κ3) is 19.8. The summed E-state index contributed by atoms with van der Waals surface area (Å²) in [5, 5.41) is 10.4.